The van der Waals surface area contributed by atoms with Gasteiger partial charge in [0.25, 0.3) is 5.91 Å². The standard InChI is InChI=1S/C24H31N3O2.2ClH/c1-16(2)15-27-18-9-10-19(27)14-21(13-18)29-20-11-7-17(8-12-20)24(28)26-23-6-4-3-5-22(23)25;;/h3-8,11-12,16,18-19,21H,9-10,13-15,25H2,1-2H3,(H,26,28);2*1H. The second kappa shape index (κ2) is 11.1. The first-order valence-corrected chi connectivity index (χ1v) is 10.7. The average molecular weight is 466 g/mol. The first-order chi connectivity index (χ1) is 14.0. The predicted octanol–water partition coefficient (Wildman–Crippen LogP) is 5.39. The minimum Gasteiger partial charge on any atom is -0.490 e. The molecule has 3 N–H and O–H groups in total. The van der Waals surface area contributed by atoms with Gasteiger partial charge in [0.2, 0.25) is 0 Å². The fraction of sp³-hybridized carbons (Fsp3) is 0.458. The maximum Gasteiger partial charge on any atom is 0.255 e. The van der Waals surface area contributed by atoms with E-state index in [4.69, 9.17) is 10.5 Å². The van der Waals surface area contributed by atoms with Crippen molar-refractivity contribution < 1.29 is 9.53 Å². The summed E-state index contributed by atoms with van der Waals surface area (Å²) in [4.78, 5) is 15.2. The summed E-state index contributed by atoms with van der Waals surface area (Å²) in [6.45, 7) is 5.79. The van der Waals surface area contributed by atoms with E-state index in [2.05, 4.69) is 24.1 Å². The Kier molecular flexibility index (Phi) is 9.04. The Morgan fingerprint density at radius 2 is 1.68 bits per heavy atom. The van der Waals surface area contributed by atoms with Crippen LogP contribution in [0.1, 0.15) is 49.9 Å². The first-order valence-electron chi connectivity index (χ1n) is 10.7. The fourth-order valence-electron chi connectivity index (χ4n) is 4.72. The minimum absolute atomic E-state index is 0. The number of benzene rings is 2. The number of carbonyl (C=O) groups is 1. The van der Waals surface area contributed by atoms with Gasteiger partial charge in [-0.2, -0.15) is 0 Å². The lowest BCUT2D eigenvalue weighted by Crippen LogP contribution is -2.47. The van der Waals surface area contributed by atoms with Gasteiger partial charge in [0, 0.05) is 24.2 Å². The predicted molar refractivity (Wildman–Crippen MR) is 132 cm³/mol. The number of hydrogen-bond donors (Lipinski definition) is 2. The maximum absolute atomic E-state index is 12.5. The molecule has 2 aliphatic rings. The van der Waals surface area contributed by atoms with Crippen LogP contribution in [0.15, 0.2) is 48.5 Å². The van der Waals surface area contributed by atoms with Crippen LogP contribution in [0.4, 0.5) is 11.4 Å². The summed E-state index contributed by atoms with van der Waals surface area (Å²) in [6.07, 6.45) is 5.04. The molecule has 2 unspecified atom stereocenters. The van der Waals surface area contributed by atoms with Crippen molar-refractivity contribution >= 4 is 42.1 Å². The largest absolute Gasteiger partial charge is 0.490 e. The van der Waals surface area contributed by atoms with Gasteiger partial charge in [0.15, 0.2) is 0 Å². The monoisotopic (exact) mass is 465 g/mol. The van der Waals surface area contributed by atoms with Crippen molar-refractivity contribution in [3.8, 4) is 5.75 Å². The van der Waals surface area contributed by atoms with Crippen molar-refractivity contribution in [3.05, 3.63) is 54.1 Å². The summed E-state index contributed by atoms with van der Waals surface area (Å²) < 4.78 is 6.28. The van der Waals surface area contributed by atoms with Crippen LogP contribution in [0.2, 0.25) is 0 Å². The smallest absolute Gasteiger partial charge is 0.255 e. The van der Waals surface area contributed by atoms with Crippen LogP contribution in [-0.2, 0) is 0 Å². The minimum atomic E-state index is -0.172. The molecule has 170 valence electrons. The molecule has 0 aliphatic carbocycles. The van der Waals surface area contributed by atoms with E-state index in [1.165, 1.54) is 19.4 Å². The molecule has 2 heterocycles. The highest BCUT2D eigenvalue weighted by Gasteiger charge is 2.41. The number of nitrogens with one attached hydrogen (secondary N) is 1. The number of amides is 1. The molecule has 2 saturated heterocycles. The Bertz CT molecular complexity index is 846. The SMILES string of the molecule is CC(C)CN1C2CCC1CC(Oc1ccc(C(=O)Nc3ccccc3N)cc1)C2.Cl.Cl. The lowest BCUT2D eigenvalue weighted by atomic mass is 9.98. The molecule has 4 rings (SSSR count). The van der Waals surface area contributed by atoms with E-state index in [0.29, 0.717) is 34.9 Å². The Balaban J connectivity index is 0.00000171. The number of nitrogen functional groups attached to an aromatic ring is 1. The molecular weight excluding hydrogens is 433 g/mol. The number of carbonyl (C=O) groups excluding carboxylic acids is 1. The van der Waals surface area contributed by atoms with Crippen LogP contribution in [0.5, 0.6) is 5.75 Å². The van der Waals surface area contributed by atoms with Crippen LogP contribution >= 0.6 is 24.8 Å². The fourth-order valence-corrected chi connectivity index (χ4v) is 4.72. The topological polar surface area (TPSA) is 67.6 Å². The van der Waals surface area contributed by atoms with E-state index in [-0.39, 0.29) is 36.8 Å². The maximum atomic E-state index is 12.5. The summed E-state index contributed by atoms with van der Waals surface area (Å²) in [5, 5.41) is 2.86. The zero-order chi connectivity index (χ0) is 20.4. The molecule has 2 aromatic carbocycles. The molecule has 31 heavy (non-hydrogen) atoms. The zero-order valence-corrected chi connectivity index (χ0v) is 19.8. The molecule has 0 saturated carbocycles. The molecule has 2 atom stereocenters. The summed E-state index contributed by atoms with van der Waals surface area (Å²) in [5.41, 5.74) is 7.67. The quantitative estimate of drug-likeness (QED) is 0.560. The highest BCUT2D eigenvalue weighted by atomic mass is 35.5. The van der Waals surface area contributed by atoms with E-state index in [1.807, 2.05) is 36.4 Å². The number of fused-ring (bicyclic) bond motifs is 2. The lowest BCUT2D eigenvalue weighted by molar-refractivity contribution is 0.0425. The number of ether oxygens (including phenoxy) is 1. The van der Waals surface area contributed by atoms with Gasteiger partial charge in [0.1, 0.15) is 11.9 Å². The molecule has 0 spiro atoms. The molecule has 5 nitrogen and oxygen atoms in total. The Hall–Kier alpha value is -1.95. The van der Waals surface area contributed by atoms with Crippen molar-refractivity contribution in [3.63, 3.8) is 0 Å². The van der Waals surface area contributed by atoms with Gasteiger partial charge in [-0.1, -0.05) is 26.0 Å². The van der Waals surface area contributed by atoms with Crippen molar-refractivity contribution in [1.29, 1.82) is 0 Å². The van der Waals surface area contributed by atoms with Gasteiger partial charge < -0.3 is 15.8 Å². The van der Waals surface area contributed by atoms with E-state index in [0.717, 1.165) is 18.6 Å². The summed E-state index contributed by atoms with van der Waals surface area (Å²) in [7, 11) is 0. The number of para-hydroxylation sites is 2. The molecular formula is C24H33Cl2N3O2. The van der Waals surface area contributed by atoms with E-state index < -0.39 is 0 Å². The van der Waals surface area contributed by atoms with E-state index in [9.17, 15) is 4.79 Å². The molecule has 0 aromatic heterocycles. The molecule has 7 heteroatoms. The first kappa shape index (κ1) is 25.3. The van der Waals surface area contributed by atoms with Gasteiger partial charge in [-0.15, -0.1) is 24.8 Å². The molecule has 0 radical (unpaired) electrons. The van der Waals surface area contributed by atoms with Crippen LogP contribution in [0.3, 0.4) is 0 Å². The van der Waals surface area contributed by atoms with E-state index in [1.54, 1.807) is 12.1 Å². The molecule has 2 fully saturated rings. The number of piperidine rings is 1. The van der Waals surface area contributed by atoms with Crippen molar-refractivity contribution in [2.75, 3.05) is 17.6 Å². The van der Waals surface area contributed by atoms with Crippen molar-refractivity contribution in [1.82, 2.24) is 4.90 Å². The Labute approximate surface area is 197 Å². The Morgan fingerprint density at radius 3 is 2.26 bits per heavy atom. The third-order valence-electron chi connectivity index (χ3n) is 6.05. The number of halogens is 2. The molecule has 1 amide bonds. The third-order valence-corrected chi connectivity index (χ3v) is 6.05. The van der Waals surface area contributed by atoms with Gasteiger partial charge in [0.05, 0.1) is 11.4 Å². The third kappa shape index (κ3) is 6.06. The number of anilines is 2. The number of hydrogen-bond acceptors (Lipinski definition) is 4. The van der Waals surface area contributed by atoms with Crippen LogP contribution < -0.4 is 15.8 Å². The summed E-state index contributed by atoms with van der Waals surface area (Å²) >= 11 is 0. The Morgan fingerprint density at radius 1 is 1.06 bits per heavy atom. The summed E-state index contributed by atoms with van der Waals surface area (Å²) in [6, 6.07) is 16.0. The number of rotatable bonds is 6. The lowest BCUT2D eigenvalue weighted by Gasteiger charge is -2.39. The highest BCUT2D eigenvalue weighted by molar-refractivity contribution is 6.05. The summed E-state index contributed by atoms with van der Waals surface area (Å²) in [5.74, 6) is 1.37. The van der Waals surface area contributed by atoms with Crippen LogP contribution in [0, 0.1) is 5.92 Å². The van der Waals surface area contributed by atoms with Gasteiger partial charge in [-0.25, -0.2) is 0 Å². The van der Waals surface area contributed by atoms with Crippen LogP contribution in [-0.4, -0.2) is 35.5 Å². The number of nitrogens with two attached hydrogens (primary N) is 1. The van der Waals surface area contributed by atoms with Gasteiger partial charge in [-0.3, -0.25) is 9.69 Å². The second-order valence-corrected chi connectivity index (χ2v) is 8.75. The average Bonchev–Trinajstić information content (AvgIpc) is 2.92. The normalized spacial score (nSPS) is 22.4. The molecule has 2 bridgehead atoms. The van der Waals surface area contributed by atoms with Crippen molar-refractivity contribution in [2.24, 2.45) is 5.92 Å². The molecule has 2 aromatic rings. The highest BCUT2D eigenvalue weighted by Crippen LogP contribution is 2.37. The number of nitrogens with zero attached hydrogens (tertiary/aromatic N) is 1. The van der Waals surface area contributed by atoms with Crippen LogP contribution in [0.25, 0.3) is 0 Å². The van der Waals surface area contributed by atoms with Gasteiger partial charge >= 0.3 is 0 Å². The zero-order valence-electron chi connectivity index (χ0n) is 18.1. The molecule has 2 aliphatic heterocycles. The second-order valence-electron chi connectivity index (χ2n) is 8.75. The van der Waals surface area contributed by atoms with Crippen molar-refractivity contribution in [2.45, 2.75) is 57.7 Å². The van der Waals surface area contributed by atoms with E-state index >= 15 is 0 Å². The van der Waals surface area contributed by atoms with Gasteiger partial charge in [-0.05, 0) is 68.0 Å².